The van der Waals surface area contributed by atoms with Crippen molar-refractivity contribution in [3.8, 4) is 0 Å². The Labute approximate surface area is 101 Å². The van der Waals surface area contributed by atoms with Crippen molar-refractivity contribution in [2.75, 3.05) is 18.5 Å². The molecular formula is C9H13Br2N3. The highest BCUT2D eigenvalue weighted by Crippen LogP contribution is 2.21. The van der Waals surface area contributed by atoms with Crippen LogP contribution in [0.5, 0.6) is 0 Å². The van der Waals surface area contributed by atoms with Crippen LogP contribution in [0.1, 0.15) is 13.3 Å². The average molecular weight is 323 g/mol. The first-order valence-corrected chi connectivity index (χ1v) is 6.13. The summed E-state index contributed by atoms with van der Waals surface area (Å²) in [5.41, 5.74) is 0. The molecule has 0 amide bonds. The van der Waals surface area contributed by atoms with Crippen molar-refractivity contribution in [1.82, 2.24) is 9.97 Å². The predicted molar refractivity (Wildman–Crippen MR) is 66.0 cm³/mol. The lowest BCUT2D eigenvalue weighted by atomic mass is 10.3. The monoisotopic (exact) mass is 321 g/mol. The minimum atomic E-state index is 0.533. The molecule has 0 aliphatic carbocycles. The quantitative estimate of drug-likeness (QED) is 0.798. The van der Waals surface area contributed by atoms with Gasteiger partial charge in [-0.15, -0.1) is 0 Å². The summed E-state index contributed by atoms with van der Waals surface area (Å²) in [6, 6.07) is 0. The highest BCUT2D eigenvalue weighted by Gasteiger charge is 2.07. The zero-order valence-corrected chi connectivity index (χ0v) is 11.4. The number of alkyl halides is 1. The lowest BCUT2D eigenvalue weighted by Gasteiger charge is -2.19. The normalized spacial score (nSPS) is 12.6. The van der Waals surface area contributed by atoms with Crippen LogP contribution in [0, 0.1) is 0 Å². The van der Waals surface area contributed by atoms with Gasteiger partial charge in [0, 0.05) is 24.6 Å². The van der Waals surface area contributed by atoms with Gasteiger partial charge in [-0.25, -0.2) is 9.97 Å². The number of aromatic nitrogens is 2. The minimum Gasteiger partial charge on any atom is -0.359 e. The van der Waals surface area contributed by atoms with Gasteiger partial charge in [-0.3, -0.25) is 0 Å². The fourth-order valence-corrected chi connectivity index (χ4v) is 1.79. The third-order valence-electron chi connectivity index (χ3n) is 1.87. The number of nitrogens with zero attached hydrogens (tertiary/aromatic N) is 3. The van der Waals surface area contributed by atoms with Gasteiger partial charge >= 0.3 is 0 Å². The number of rotatable bonds is 4. The minimum absolute atomic E-state index is 0.533. The number of hydrogen-bond acceptors (Lipinski definition) is 3. The molecule has 0 saturated heterocycles. The van der Waals surface area contributed by atoms with Crippen LogP contribution in [0.25, 0.3) is 0 Å². The SMILES string of the molecule is CC(Br)CCN(C)c1ncncc1Br. The van der Waals surface area contributed by atoms with Crippen molar-refractivity contribution < 1.29 is 0 Å². The van der Waals surface area contributed by atoms with Crippen LogP contribution in [0.3, 0.4) is 0 Å². The van der Waals surface area contributed by atoms with Gasteiger partial charge in [0.1, 0.15) is 12.1 Å². The summed E-state index contributed by atoms with van der Waals surface area (Å²) < 4.78 is 0.935. The second-order valence-electron chi connectivity index (χ2n) is 3.19. The molecule has 0 spiro atoms. The second-order valence-corrected chi connectivity index (χ2v) is 5.60. The topological polar surface area (TPSA) is 29.0 Å². The summed E-state index contributed by atoms with van der Waals surface area (Å²) in [4.78, 5) is 10.8. The van der Waals surface area contributed by atoms with Crippen LogP contribution in [-0.4, -0.2) is 28.4 Å². The summed E-state index contributed by atoms with van der Waals surface area (Å²) in [7, 11) is 2.03. The largest absolute Gasteiger partial charge is 0.359 e. The summed E-state index contributed by atoms with van der Waals surface area (Å²) in [6.45, 7) is 3.12. The maximum atomic E-state index is 4.21. The lowest BCUT2D eigenvalue weighted by molar-refractivity contribution is 0.775. The van der Waals surface area contributed by atoms with E-state index in [1.54, 1.807) is 12.5 Å². The average Bonchev–Trinajstić information content (AvgIpc) is 2.15. The van der Waals surface area contributed by atoms with Gasteiger partial charge < -0.3 is 4.90 Å². The fraction of sp³-hybridized carbons (Fsp3) is 0.556. The van der Waals surface area contributed by atoms with E-state index in [0.717, 1.165) is 23.3 Å². The number of hydrogen-bond donors (Lipinski definition) is 0. The molecule has 1 aromatic heterocycles. The van der Waals surface area contributed by atoms with E-state index in [0.29, 0.717) is 4.83 Å². The number of halogens is 2. The smallest absolute Gasteiger partial charge is 0.146 e. The molecule has 0 radical (unpaired) electrons. The molecular weight excluding hydrogens is 310 g/mol. The summed E-state index contributed by atoms with van der Waals surface area (Å²) in [5, 5.41) is 0. The van der Waals surface area contributed by atoms with E-state index >= 15 is 0 Å². The molecule has 0 aliphatic rings. The van der Waals surface area contributed by atoms with E-state index in [2.05, 4.69) is 53.7 Å². The Morgan fingerprint density at radius 2 is 2.29 bits per heavy atom. The molecule has 0 aliphatic heterocycles. The van der Waals surface area contributed by atoms with Gasteiger partial charge in [-0.05, 0) is 22.4 Å². The molecule has 1 heterocycles. The Morgan fingerprint density at radius 3 is 2.86 bits per heavy atom. The van der Waals surface area contributed by atoms with Crippen LogP contribution < -0.4 is 4.90 Å². The van der Waals surface area contributed by atoms with Crippen LogP contribution in [0.4, 0.5) is 5.82 Å². The van der Waals surface area contributed by atoms with Crippen molar-refractivity contribution in [3.63, 3.8) is 0 Å². The first-order chi connectivity index (χ1) is 6.61. The van der Waals surface area contributed by atoms with Crippen LogP contribution in [0.15, 0.2) is 17.0 Å². The summed E-state index contributed by atoms with van der Waals surface area (Å²) in [5.74, 6) is 0.938. The van der Waals surface area contributed by atoms with E-state index in [9.17, 15) is 0 Å². The molecule has 0 saturated carbocycles. The second kappa shape index (κ2) is 5.66. The van der Waals surface area contributed by atoms with Crippen LogP contribution >= 0.6 is 31.9 Å². The Hall–Kier alpha value is -0.160. The zero-order valence-electron chi connectivity index (χ0n) is 8.24. The third kappa shape index (κ3) is 3.53. The number of anilines is 1. The molecule has 1 aromatic rings. The third-order valence-corrected chi connectivity index (χ3v) is 2.89. The highest BCUT2D eigenvalue weighted by atomic mass is 79.9. The van der Waals surface area contributed by atoms with Gasteiger partial charge in [0.15, 0.2) is 0 Å². The molecule has 0 aromatic carbocycles. The van der Waals surface area contributed by atoms with E-state index in [1.807, 2.05) is 7.05 Å². The van der Waals surface area contributed by atoms with E-state index in [4.69, 9.17) is 0 Å². The van der Waals surface area contributed by atoms with E-state index in [-0.39, 0.29) is 0 Å². The molecule has 0 bridgehead atoms. The van der Waals surface area contributed by atoms with Gasteiger partial charge in [0.2, 0.25) is 0 Å². The Bertz CT molecular complexity index is 291. The van der Waals surface area contributed by atoms with Crippen molar-refractivity contribution >= 4 is 37.7 Å². The molecule has 1 unspecified atom stereocenters. The molecule has 78 valence electrons. The maximum Gasteiger partial charge on any atom is 0.146 e. The standard InChI is InChI=1S/C9H13Br2N3/c1-7(10)3-4-14(2)9-8(11)5-12-6-13-9/h5-7H,3-4H2,1-2H3. The van der Waals surface area contributed by atoms with Crippen molar-refractivity contribution in [2.24, 2.45) is 0 Å². The van der Waals surface area contributed by atoms with Crippen molar-refractivity contribution in [3.05, 3.63) is 17.0 Å². The molecule has 1 rings (SSSR count). The van der Waals surface area contributed by atoms with Crippen LogP contribution in [0.2, 0.25) is 0 Å². The van der Waals surface area contributed by atoms with Gasteiger partial charge in [0.25, 0.3) is 0 Å². The summed E-state index contributed by atoms with van der Waals surface area (Å²) >= 11 is 6.95. The summed E-state index contributed by atoms with van der Waals surface area (Å²) in [6.07, 6.45) is 4.41. The van der Waals surface area contributed by atoms with Gasteiger partial charge in [-0.1, -0.05) is 22.9 Å². The molecule has 0 N–H and O–H groups in total. The van der Waals surface area contributed by atoms with Crippen molar-refractivity contribution in [2.45, 2.75) is 18.2 Å². The molecule has 1 atom stereocenters. The van der Waals surface area contributed by atoms with Gasteiger partial charge in [-0.2, -0.15) is 0 Å². The molecule has 14 heavy (non-hydrogen) atoms. The Kier molecular flexibility index (Phi) is 4.81. The molecule has 0 fully saturated rings. The molecule has 3 nitrogen and oxygen atoms in total. The lowest BCUT2D eigenvalue weighted by Crippen LogP contribution is -2.21. The molecule has 5 heteroatoms. The fourth-order valence-electron chi connectivity index (χ4n) is 1.06. The Morgan fingerprint density at radius 1 is 1.57 bits per heavy atom. The first-order valence-electron chi connectivity index (χ1n) is 4.42. The van der Waals surface area contributed by atoms with Crippen molar-refractivity contribution in [1.29, 1.82) is 0 Å². The highest BCUT2D eigenvalue weighted by molar-refractivity contribution is 9.10. The predicted octanol–water partition coefficient (Wildman–Crippen LogP) is 2.85. The van der Waals surface area contributed by atoms with Crippen LogP contribution in [-0.2, 0) is 0 Å². The Balaban J connectivity index is 2.60. The first kappa shape index (κ1) is 11.9. The van der Waals surface area contributed by atoms with E-state index < -0.39 is 0 Å². The maximum absolute atomic E-state index is 4.21. The zero-order chi connectivity index (χ0) is 10.6. The van der Waals surface area contributed by atoms with E-state index in [1.165, 1.54) is 0 Å². The van der Waals surface area contributed by atoms with Gasteiger partial charge in [0.05, 0.1) is 4.47 Å².